The molecule has 6 nitrogen and oxygen atoms in total. The Balaban J connectivity index is 1.75. The molecule has 1 atom stereocenters. The zero-order valence-corrected chi connectivity index (χ0v) is 19.7. The third kappa shape index (κ3) is 3.45. The fraction of sp³-hybridized carbons (Fsp3) is 0.370. The molecule has 6 heteroatoms. The van der Waals surface area contributed by atoms with E-state index in [-0.39, 0.29) is 18.6 Å². The molecule has 0 amide bonds. The molecule has 0 fully saturated rings. The maximum absolute atomic E-state index is 13.0. The summed E-state index contributed by atoms with van der Waals surface area (Å²) in [4.78, 5) is 15.2. The molecule has 1 unspecified atom stereocenters. The topological polar surface area (TPSA) is 57.2 Å². The van der Waals surface area contributed by atoms with Crippen LogP contribution in [0.15, 0.2) is 36.4 Å². The van der Waals surface area contributed by atoms with E-state index in [1.807, 2.05) is 18.2 Å². The fourth-order valence-corrected chi connectivity index (χ4v) is 5.15. The number of rotatable bonds is 6. The van der Waals surface area contributed by atoms with E-state index in [1.54, 1.807) is 14.2 Å². The minimum atomic E-state index is -0.181. The van der Waals surface area contributed by atoms with Gasteiger partial charge in [0.05, 0.1) is 25.9 Å². The van der Waals surface area contributed by atoms with Crippen LogP contribution in [0.3, 0.4) is 0 Å². The van der Waals surface area contributed by atoms with Gasteiger partial charge in [-0.15, -0.1) is 0 Å². The van der Waals surface area contributed by atoms with Crippen LogP contribution in [-0.2, 0) is 4.79 Å². The van der Waals surface area contributed by atoms with Gasteiger partial charge in [-0.1, -0.05) is 26.0 Å². The number of benzene rings is 3. The van der Waals surface area contributed by atoms with E-state index < -0.39 is 0 Å². The van der Waals surface area contributed by atoms with E-state index in [0.29, 0.717) is 30.3 Å². The third-order valence-electron chi connectivity index (χ3n) is 6.57. The summed E-state index contributed by atoms with van der Waals surface area (Å²) in [5.74, 6) is 3.40. The second-order valence-corrected chi connectivity index (χ2v) is 9.12. The number of carbonyl (C=O) groups excluding carboxylic acids is 1. The number of anilines is 1. The lowest BCUT2D eigenvalue weighted by molar-refractivity contribution is -0.120. The second kappa shape index (κ2) is 8.18. The molecular weight excluding hydrogens is 418 g/mol. The predicted molar refractivity (Wildman–Crippen MR) is 129 cm³/mol. The van der Waals surface area contributed by atoms with Crippen molar-refractivity contribution in [2.24, 2.45) is 5.92 Å². The molecule has 2 aliphatic rings. The van der Waals surface area contributed by atoms with Gasteiger partial charge in [-0.2, -0.15) is 0 Å². The summed E-state index contributed by atoms with van der Waals surface area (Å²) >= 11 is 0. The van der Waals surface area contributed by atoms with Gasteiger partial charge < -0.3 is 23.8 Å². The highest BCUT2D eigenvalue weighted by atomic mass is 16.7. The van der Waals surface area contributed by atoms with Crippen molar-refractivity contribution in [2.45, 2.75) is 32.7 Å². The fourth-order valence-electron chi connectivity index (χ4n) is 5.15. The minimum Gasteiger partial charge on any atom is -0.493 e. The Hall–Kier alpha value is -3.41. The van der Waals surface area contributed by atoms with E-state index in [4.69, 9.17) is 18.9 Å². The molecule has 0 saturated heterocycles. The molecule has 172 valence electrons. The lowest BCUT2D eigenvalue weighted by Gasteiger charge is -2.39. The number of ether oxygens (including phenoxy) is 4. The average molecular weight is 448 g/mol. The molecule has 0 aromatic heterocycles. The van der Waals surface area contributed by atoms with Crippen molar-refractivity contribution in [2.75, 3.05) is 33.0 Å². The monoisotopic (exact) mass is 447 g/mol. The SMILES string of the molecule is COc1ccc2c(c1OC)C(CC(=O)CC(C)C)N(C)c1c-2ccc2cc3c(cc12)OCO3. The summed E-state index contributed by atoms with van der Waals surface area (Å²) < 4.78 is 22.7. The Morgan fingerprint density at radius 2 is 1.79 bits per heavy atom. The molecule has 0 aliphatic carbocycles. The van der Waals surface area contributed by atoms with Crippen LogP contribution in [-0.4, -0.2) is 33.8 Å². The smallest absolute Gasteiger partial charge is 0.231 e. The van der Waals surface area contributed by atoms with Crippen molar-refractivity contribution in [3.63, 3.8) is 0 Å². The Kier molecular flexibility index (Phi) is 5.31. The van der Waals surface area contributed by atoms with E-state index in [2.05, 4.69) is 44.0 Å². The Bertz CT molecular complexity index is 1250. The van der Waals surface area contributed by atoms with Crippen LogP contribution in [0.5, 0.6) is 23.0 Å². The van der Waals surface area contributed by atoms with Gasteiger partial charge in [-0.25, -0.2) is 0 Å². The maximum atomic E-state index is 13.0. The summed E-state index contributed by atoms with van der Waals surface area (Å²) in [7, 11) is 5.35. The van der Waals surface area contributed by atoms with Crippen molar-refractivity contribution < 1.29 is 23.7 Å². The first kappa shape index (κ1) is 21.4. The number of methoxy groups -OCH3 is 2. The van der Waals surface area contributed by atoms with Gasteiger partial charge in [0.1, 0.15) is 5.78 Å². The molecular formula is C27H29NO5. The van der Waals surface area contributed by atoms with Gasteiger partial charge in [-0.05, 0) is 41.1 Å². The van der Waals surface area contributed by atoms with Crippen LogP contribution in [0.1, 0.15) is 38.3 Å². The highest BCUT2D eigenvalue weighted by molar-refractivity contribution is 6.06. The largest absolute Gasteiger partial charge is 0.493 e. The zero-order chi connectivity index (χ0) is 23.3. The first-order valence-corrected chi connectivity index (χ1v) is 11.3. The standard InChI is InChI=1S/C27H29NO5/c1-15(2)10-17(29)12-21-25-18(8-9-22(30-4)27(25)31-5)19-7-6-16-11-23-24(33-14-32-23)13-20(16)26(19)28(21)3/h6-9,11,13,15,21H,10,12,14H2,1-5H3. The molecule has 0 radical (unpaired) electrons. The first-order valence-electron chi connectivity index (χ1n) is 11.3. The third-order valence-corrected chi connectivity index (χ3v) is 6.57. The van der Waals surface area contributed by atoms with Crippen LogP contribution >= 0.6 is 0 Å². The first-order chi connectivity index (χ1) is 15.9. The van der Waals surface area contributed by atoms with Gasteiger partial charge in [0, 0.05) is 36.4 Å². The molecule has 33 heavy (non-hydrogen) atoms. The van der Waals surface area contributed by atoms with E-state index >= 15 is 0 Å². The molecule has 5 rings (SSSR count). The van der Waals surface area contributed by atoms with Crippen LogP contribution in [0, 0.1) is 5.92 Å². The van der Waals surface area contributed by atoms with Gasteiger partial charge in [-0.3, -0.25) is 4.79 Å². The van der Waals surface area contributed by atoms with Crippen molar-refractivity contribution >= 4 is 22.2 Å². The number of carbonyl (C=O) groups is 1. The normalized spacial score (nSPS) is 16.1. The summed E-state index contributed by atoms with van der Waals surface area (Å²) in [6, 6.07) is 12.1. The molecule has 2 heterocycles. The molecule has 3 aromatic rings. The van der Waals surface area contributed by atoms with Crippen LogP contribution in [0.25, 0.3) is 21.9 Å². The van der Waals surface area contributed by atoms with Crippen molar-refractivity contribution in [3.8, 4) is 34.1 Å². The van der Waals surface area contributed by atoms with Crippen LogP contribution in [0.2, 0.25) is 0 Å². The molecule has 0 bridgehead atoms. The Morgan fingerprint density at radius 3 is 2.48 bits per heavy atom. The highest BCUT2D eigenvalue weighted by Gasteiger charge is 2.35. The summed E-state index contributed by atoms with van der Waals surface area (Å²) in [6.45, 7) is 4.38. The average Bonchev–Trinajstić information content (AvgIpc) is 3.25. The number of hydrogen-bond donors (Lipinski definition) is 0. The Labute approximate surface area is 194 Å². The Morgan fingerprint density at radius 1 is 1.06 bits per heavy atom. The predicted octanol–water partition coefficient (Wildman–Crippen LogP) is 5.75. The maximum Gasteiger partial charge on any atom is 0.231 e. The quantitative estimate of drug-likeness (QED) is 0.480. The van der Waals surface area contributed by atoms with Crippen LogP contribution in [0.4, 0.5) is 5.69 Å². The van der Waals surface area contributed by atoms with Crippen molar-refractivity contribution in [1.29, 1.82) is 0 Å². The number of Topliss-reactive ketones (excluding diaryl/α,β-unsaturated/α-hetero) is 1. The number of ketones is 1. The van der Waals surface area contributed by atoms with Gasteiger partial charge in [0.25, 0.3) is 0 Å². The number of fused-ring (bicyclic) bond motifs is 6. The highest BCUT2D eigenvalue weighted by Crippen LogP contribution is 2.54. The number of hydrogen-bond acceptors (Lipinski definition) is 6. The number of nitrogens with zero attached hydrogens (tertiary/aromatic N) is 1. The zero-order valence-electron chi connectivity index (χ0n) is 19.7. The van der Waals surface area contributed by atoms with E-state index in [9.17, 15) is 4.79 Å². The van der Waals surface area contributed by atoms with Crippen molar-refractivity contribution in [1.82, 2.24) is 0 Å². The molecule has 2 aliphatic heterocycles. The van der Waals surface area contributed by atoms with E-state index in [1.165, 1.54) is 0 Å². The lowest BCUT2D eigenvalue weighted by atomic mass is 9.83. The molecule has 0 N–H and O–H groups in total. The van der Waals surface area contributed by atoms with E-state index in [0.717, 1.165) is 44.6 Å². The molecule has 0 spiro atoms. The summed E-state index contributed by atoms with van der Waals surface area (Å²) in [5, 5.41) is 2.14. The van der Waals surface area contributed by atoms with Crippen molar-refractivity contribution in [3.05, 3.63) is 42.0 Å². The minimum absolute atomic E-state index is 0.181. The second-order valence-electron chi connectivity index (χ2n) is 9.12. The molecule has 0 saturated carbocycles. The van der Waals surface area contributed by atoms with Gasteiger partial charge >= 0.3 is 0 Å². The molecule has 3 aromatic carbocycles. The summed E-state index contributed by atoms with van der Waals surface area (Å²) in [5.41, 5.74) is 4.21. The van der Waals surface area contributed by atoms with Gasteiger partial charge in [0.15, 0.2) is 23.0 Å². The summed E-state index contributed by atoms with van der Waals surface area (Å²) in [6.07, 6.45) is 0.943. The van der Waals surface area contributed by atoms with Crippen LogP contribution < -0.4 is 23.8 Å². The lowest BCUT2D eigenvalue weighted by Crippen LogP contribution is -2.31. The van der Waals surface area contributed by atoms with Gasteiger partial charge in [0.2, 0.25) is 6.79 Å².